The summed E-state index contributed by atoms with van der Waals surface area (Å²) in [7, 11) is 0. The molecule has 6 nitrogen and oxygen atoms in total. The fourth-order valence-corrected chi connectivity index (χ4v) is 0.590. The molecule has 1 aromatic rings. The average molecular weight is 153 g/mol. The monoisotopic (exact) mass is 153 g/mol. The highest BCUT2D eigenvalue weighted by Gasteiger charge is 2.01. The number of hydrogen-bond acceptors (Lipinski definition) is 4. The summed E-state index contributed by atoms with van der Waals surface area (Å²) in [5.74, 6) is 0.993. The quantitative estimate of drug-likeness (QED) is 0.374. The standard InChI is InChI=1S/C5H7N5O/c1-2-4-8-5(11-9-4)3-7-10-6/h2-3H2,1H3. The predicted octanol–water partition coefficient (Wildman–Crippen LogP) is 1.44. The van der Waals surface area contributed by atoms with Gasteiger partial charge in [-0.15, -0.1) is 0 Å². The largest absolute Gasteiger partial charge is 0.339 e. The van der Waals surface area contributed by atoms with E-state index in [0.717, 1.165) is 6.42 Å². The Kier molecular flexibility index (Phi) is 2.46. The molecule has 0 aliphatic carbocycles. The van der Waals surface area contributed by atoms with Gasteiger partial charge in [-0.2, -0.15) is 4.98 Å². The van der Waals surface area contributed by atoms with Crippen molar-refractivity contribution in [2.45, 2.75) is 19.9 Å². The number of azide groups is 1. The number of hydrogen-bond donors (Lipinski definition) is 0. The van der Waals surface area contributed by atoms with Crippen molar-refractivity contribution in [3.05, 3.63) is 22.2 Å². The Morgan fingerprint density at radius 1 is 1.73 bits per heavy atom. The van der Waals surface area contributed by atoms with Crippen molar-refractivity contribution in [2.75, 3.05) is 0 Å². The van der Waals surface area contributed by atoms with Crippen LogP contribution in [-0.2, 0) is 13.0 Å². The minimum absolute atomic E-state index is 0.128. The zero-order valence-corrected chi connectivity index (χ0v) is 6.06. The Hall–Kier alpha value is -1.55. The Morgan fingerprint density at radius 3 is 3.09 bits per heavy atom. The van der Waals surface area contributed by atoms with Crippen molar-refractivity contribution in [2.24, 2.45) is 5.11 Å². The smallest absolute Gasteiger partial charge is 0.232 e. The molecule has 0 radical (unpaired) electrons. The molecule has 0 aliphatic rings. The van der Waals surface area contributed by atoms with Gasteiger partial charge in [0.05, 0.1) is 0 Å². The van der Waals surface area contributed by atoms with Gasteiger partial charge in [-0.05, 0) is 5.53 Å². The van der Waals surface area contributed by atoms with E-state index in [1.54, 1.807) is 0 Å². The van der Waals surface area contributed by atoms with Crippen LogP contribution in [0.4, 0.5) is 0 Å². The molecule has 0 amide bonds. The molecule has 0 aliphatic heterocycles. The molecule has 0 unspecified atom stereocenters. The van der Waals surface area contributed by atoms with Crippen molar-refractivity contribution in [3.63, 3.8) is 0 Å². The van der Waals surface area contributed by atoms with Crippen LogP contribution in [0.3, 0.4) is 0 Å². The summed E-state index contributed by atoms with van der Waals surface area (Å²) in [6.07, 6.45) is 0.722. The highest BCUT2D eigenvalue weighted by atomic mass is 16.5. The maximum absolute atomic E-state index is 7.96. The van der Waals surface area contributed by atoms with Crippen LogP contribution in [-0.4, -0.2) is 10.1 Å². The second-order valence-corrected chi connectivity index (χ2v) is 1.85. The van der Waals surface area contributed by atoms with Crippen LogP contribution >= 0.6 is 0 Å². The number of aryl methyl sites for hydroxylation is 1. The lowest BCUT2D eigenvalue weighted by Gasteiger charge is -1.78. The SMILES string of the molecule is CCc1noc(CN=[N+]=[N-])n1. The topological polar surface area (TPSA) is 87.7 Å². The summed E-state index contributed by atoms with van der Waals surface area (Å²) in [5, 5.41) is 6.89. The van der Waals surface area contributed by atoms with Crippen LogP contribution in [0.2, 0.25) is 0 Å². The van der Waals surface area contributed by atoms with Gasteiger partial charge in [-0.3, -0.25) is 0 Å². The first-order chi connectivity index (χ1) is 5.36. The second kappa shape index (κ2) is 3.58. The molecular weight excluding hydrogens is 146 g/mol. The van der Waals surface area contributed by atoms with E-state index in [2.05, 4.69) is 20.2 Å². The van der Waals surface area contributed by atoms with E-state index in [4.69, 9.17) is 10.1 Å². The van der Waals surface area contributed by atoms with Gasteiger partial charge in [0.25, 0.3) is 0 Å². The molecule has 0 aromatic carbocycles. The minimum atomic E-state index is 0.128. The first-order valence-corrected chi connectivity index (χ1v) is 3.19. The molecule has 0 spiro atoms. The average Bonchev–Trinajstić information content (AvgIpc) is 2.48. The Labute approximate surface area is 62.8 Å². The van der Waals surface area contributed by atoms with Crippen molar-refractivity contribution in [1.29, 1.82) is 0 Å². The summed E-state index contributed by atoms with van der Waals surface area (Å²) in [5.41, 5.74) is 7.96. The van der Waals surface area contributed by atoms with Gasteiger partial charge in [0.15, 0.2) is 5.82 Å². The first kappa shape index (κ1) is 7.56. The molecule has 1 heterocycles. The third-order valence-electron chi connectivity index (χ3n) is 1.10. The molecule has 1 rings (SSSR count). The summed E-state index contributed by atoms with van der Waals surface area (Å²) in [4.78, 5) is 6.49. The predicted molar refractivity (Wildman–Crippen MR) is 36.5 cm³/mol. The molecular formula is C5H7N5O. The molecule has 6 heteroatoms. The van der Waals surface area contributed by atoms with Gasteiger partial charge in [-0.1, -0.05) is 17.2 Å². The van der Waals surface area contributed by atoms with Gasteiger partial charge in [0.1, 0.15) is 6.54 Å². The normalized spacial score (nSPS) is 9.18. The molecule has 0 N–H and O–H groups in total. The van der Waals surface area contributed by atoms with Crippen LogP contribution in [0.1, 0.15) is 18.6 Å². The number of aromatic nitrogens is 2. The Morgan fingerprint density at radius 2 is 2.55 bits per heavy atom. The lowest BCUT2D eigenvalue weighted by molar-refractivity contribution is 0.375. The molecule has 11 heavy (non-hydrogen) atoms. The van der Waals surface area contributed by atoms with Crippen molar-refractivity contribution < 1.29 is 4.52 Å². The Balaban J connectivity index is 2.64. The molecule has 0 saturated heterocycles. The van der Waals surface area contributed by atoms with Crippen molar-refractivity contribution in [3.8, 4) is 0 Å². The van der Waals surface area contributed by atoms with E-state index < -0.39 is 0 Å². The van der Waals surface area contributed by atoms with Gasteiger partial charge < -0.3 is 4.52 Å². The molecule has 0 saturated carbocycles. The van der Waals surface area contributed by atoms with Crippen LogP contribution < -0.4 is 0 Å². The van der Waals surface area contributed by atoms with Crippen LogP contribution in [0.15, 0.2) is 9.64 Å². The number of rotatable bonds is 3. The lowest BCUT2D eigenvalue weighted by atomic mass is 10.5. The highest BCUT2D eigenvalue weighted by molar-refractivity contribution is 4.84. The van der Waals surface area contributed by atoms with Gasteiger partial charge in [0, 0.05) is 11.3 Å². The zero-order valence-electron chi connectivity index (χ0n) is 6.06. The first-order valence-electron chi connectivity index (χ1n) is 3.19. The molecule has 58 valence electrons. The highest BCUT2D eigenvalue weighted by Crippen LogP contribution is 1.98. The van der Waals surface area contributed by atoms with E-state index in [1.165, 1.54) is 0 Å². The van der Waals surface area contributed by atoms with Crippen molar-refractivity contribution >= 4 is 0 Å². The number of nitrogens with zero attached hydrogens (tertiary/aromatic N) is 5. The molecule has 0 bridgehead atoms. The third kappa shape index (κ3) is 1.94. The van der Waals surface area contributed by atoms with E-state index in [-0.39, 0.29) is 6.54 Å². The minimum Gasteiger partial charge on any atom is -0.339 e. The van der Waals surface area contributed by atoms with E-state index in [1.807, 2.05) is 6.92 Å². The lowest BCUT2D eigenvalue weighted by Crippen LogP contribution is -1.83. The van der Waals surface area contributed by atoms with E-state index >= 15 is 0 Å². The van der Waals surface area contributed by atoms with Gasteiger partial charge in [-0.25, -0.2) is 0 Å². The van der Waals surface area contributed by atoms with Gasteiger partial charge in [0.2, 0.25) is 5.89 Å². The van der Waals surface area contributed by atoms with Crippen molar-refractivity contribution in [1.82, 2.24) is 10.1 Å². The third-order valence-corrected chi connectivity index (χ3v) is 1.10. The molecule has 0 fully saturated rings. The fraction of sp³-hybridized carbons (Fsp3) is 0.600. The summed E-state index contributed by atoms with van der Waals surface area (Å²) in [6, 6.07) is 0. The fourth-order valence-electron chi connectivity index (χ4n) is 0.590. The van der Waals surface area contributed by atoms with Gasteiger partial charge >= 0.3 is 0 Å². The maximum atomic E-state index is 7.96. The maximum Gasteiger partial charge on any atom is 0.232 e. The second-order valence-electron chi connectivity index (χ2n) is 1.85. The molecule has 0 atom stereocenters. The molecule has 1 aromatic heterocycles. The van der Waals surface area contributed by atoms with E-state index in [9.17, 15) is 0 Å². The summed E-state index contributed by atoms with van der Waals surface area (Å²) < 4.78 is 4.73. The Bertz CT molecular complexity index is 274. The summed E-state index contributed by atoms with van der Waals surface area (Å²) in [6.45, 7) is 2.05. The zero-order chi connectivity index (χ0) is 8.10. The van der Waals surface area contributed by atoms with Crippen LogP contribution in [0.25, 0.3) is 10.4 Å². The summed E-state index contributed by atoms with van der Waals surface area (Å²) >= 11 is 0. The van der Waals surface area contributed by atoms with Crippen LogP contribution in [0, 0.1) is 0 Å². The van der Waals surface area contributed by atoms with Crippen LogP contribution in [0.5, 0.6) is 0 Å². The van der Waals surface area contributed by atoms with E-state index in [0.29, 0.717) is 11.7 Å².